The van der Waals surface area contributed by atoms with Gasteiger partial charge in [0.05, 0.1) is 22.9 Å². The van der Waals surface area contributed by atoms with Crippen molar-refractivity contribution in [1.82, 2.24) is 9.78 Å². The lowest BCUT2D eigenvalue weighted by Crippen LogP contribution is -2.23. The van der Waals surface area contributed by atoms with E-state index in [0.717, 1.165) is 0 Å². The first-order valence-corrected chi connectivity index (χ1v) is 7.47. The van der Waals surface area contributed by atoms with Gasteiger partial charge >= 0.3 is 0 Å². The van der Waals surface area contributed by atoms with Crippen LogP contribution in [0.15, 0.2) is 35.1 Å². The molecular formula is C12H12N2O3S. The maximum Gasteiger partial charge on any atom is 0.274 e. The number of aromatic amines is 1. The predicted molar refractivity (Wildman–Crippen MR) is 67.6 cm³/mol. The molecule has 1 aliphatic rings. The van der Waals surface area contributed by atoms with Crippen molar-refractivity contribution in [3.63, 3.8) is 0 Å². The molecule has 0 radical (unpaired) electrons. The van der Waals surface area contributed by atoms with Gasteiger partial charge in [-0.15, -0.1) is 0 Å². The minimum Gasteiger partial charge on any atom is -0.294 e. The predicted octanol–water partition coefficient (Wildman–Crippen LogP) is 0.637. The molecule has 2 heterocycles. The molecule has 0 fully saturated rings. The molecule has 0 aliphatic carbocycles. The first-order valence-electron chi connectivity index (χ1n) is 5.65. The number of aromatic nitrogens is 2. The van der Waals surface area contributed by atoms with E-state index in [-0.39, 0.29) is 17.1 Å². The molecule has 0 atom stereocenters. The van der Waals surface area contributed by atoms with Crippen molar-refractivity contribution in [2.75, 3.05) is 5.75 Å². The standard InChI is InChI=1S/C12H12N2O3S/c15-12-10-6-7-18(16,17)8-11(10)13-14(12)9-4-2-1-3-5-9/h1-5,13H,6-8H2. The van der Waals surface area contributed by atoms with Crippen LogP contribution in [0.25, 0.3) is 5.69 Å². The Morgan fingerprint density at radius 2 is 1.89 bits per heavy atom. The number of H-pyrrole nitrogens is 1. The van der Waals surface area contributed by atoms with Crippen molar-refractivity contribution in [3.8, 4) is 5.69 Å². The van der Waals surface area contributed by atoms with Gasteiger partial charge in [-0.2, -0.15) is 0 Å². The van der Waals surface area contributed by atoms with Crippen LogP contribution in [0.1, 0.15) is 11.3 Å². The molecule has 0 amide bonds. The van der Waals surface area contributed by atoms with E-state index >= 15 is 0 Å². The Bertz CT molecular complexity index is 741. The summed E-state index contributed by atoms with van der Waals surface area (Å²) in [5.41, 5.74) is 1.68. The molecule has 0 saturated carbocycles. The molecule has 3 rings (SSSR count). The molecule has 1 aliphatic heterocycles. The summed E-state index contributed by atoms with van der Waals surface area (Å²) >= 11 is 0. The van der Waals surface area contributed by atoms with Crippen LogP contribution in [0.3, 0.4) is 0 Å². The number of sulfone groups is 1. The molecule has 2 aromatic rings. The number of para-hydroxylation sites is 1. The summed E-state index contributed by atoms with van der Waals surface area (Å²) < 4.78 is 24.5. The van der Waals surface area contributed by atoms with Crippen LogP contribution in [0.2, 0.25) is 0 Å². The van der Waals surface area contributed by atoms with Crippen molar-refractivity contribution in [2.24, 2.45) is 0 Å². The van der Waals surface area contributed by atoms with E-state index in [1.807, 2.05) is 18.2 Å². The first kappa shape index (κ1) is 11.3. The smallest absolute Gasteiger partial charge is 0.274 e. The largest absolute Gasteiger partial charge is 0.294 e. The van der Waals surface area contributed by atoms with Crippen molar-refractivity contribution in [2.45, 2.75) is 12.2 Å². The van der Waals surface area contributed by atoms with Crippen molar-refractivity contribution < 1.29 is 8.42 Å². The van der Waals surface area contributed by atoms with Gasteiger partial charge in [0.15, 0.2) is 9.84 Å². The van der Waals surface area contributed by atoms with Crippen molar-refractivity contribution in [1.29, 1.82) is 0 Å². The van der Waals surface area contributed by atoms with Crippen LogP contribution in [0, 0.1) is 0 Å². The van der Waals surface area contributed by atoms with E-state index in [9.17, 15) is 13.2 Å². The van der Waals surface area contributed by atoms with E-state index in [0.29, 0.717) is 23.4 Å². The van der Waals surface area contributed by atoms with Gasteiger partial charge in [-0.3, -0.25) is 9.89 Å². The summed E-state index contributed by atoms with van der Waals surface area (Å²) in [5, 5.41) is 2.90. The summed E-state index contributed by atoms with van der Waals surface area (Å²) in [5.74, 6) is -0.0146. The third-order valence-electron chi connectivity index (χ3n) is 3.11. The molecule has 0 unspecified atom stereocenters. The Morgan fingerprint density at radius 3 is 2.61 bits per heavy atom. The van der Waals surface area contributed by atoms with Crippen LogP contribution in [-0.4, -0.2) is 24.0 Å². The quantitative estimate of drug-likeness (QED) is 0.821. The van der Waals surface area contributed by atoms with Gasteiger partial charge in [0.2, 0.25) is 0 Å². The molecule has 94 valence electrons. The first-order chi connectivity index (χ1) is 8.57. The van der Waals surface area contributed by atoms with Crippen LogP contribution >= 0.6 is 0 Å². The number of nitrogens with one attached hydrogen (secondary N) is 1. The molecular weight excluding hydrogens is 252 g/mol. The minimum absolute atomic E-state index is 0.0574. The zero-order valence-electron chi connectivity index (χ0n) is 9.59. The zero-order chi connectivity index (χ0) is 12.8. The van der Waals surface area contributed by atoms with Gasteiger partial charge in [-0.05, 0) is 18.6 Å². The topological polar surface area (TPSA) is 71.9 Å². The molecule has 1 N–H and O–H groups in total. The van der Waals surface area contributed by atoms with Crippen LogP contribution in [0.5, 0.6) is 0 Å². The number of hydrogen-bond donors (Lipinski definition) is 1. The third-order valence-corrected chi connectivity index (χ3v) is 4.67. The average Bonchev–Trinajstić information content (AvgIpc) is 2.66. The zero-order valence-corrected chi connectivity index (χ0v) is 10.4. The van der Waals surface area contributed by atoms with Gasteiger partial charge in [0, 0.05) is 5.56 Å². The fourth-order valence-electron chi connectivity index (χ4n) is 2.20. The Hall–Kier alpha value is -1.82. The van der Waals surface area contributed by atoms with Gasteiger partial charge in [-0.1, -0.05) is 18.2 Å². The van der Waals surface area contributed by atoms with E-state index < -0.39 is 9.84 Å². The summed E-state index contributed by atoms with van der Waals surface area (Å²) in [6.45, 7) is 0. The Balaban J connectivity index is 2.16. The number of fused-ring (bicyclic) bond motifs is 1. The summed E-state index contributed by atoms with van der Waals surface area (Å²) in [4.78, 5) is 12.2. The molecule has 0 spiro atoms. The van der Waals surface area contributed by atoms with Crippen LogP contribution in [-0.2, 0) is 22.0 Å². The van der Waals surface area contributed by atoms with E-state index in [2.05, 4.69) is 5.10 Å². The fourth-order valence-corrected chi connectivity index (χ4v) is 3.54. The monoisotopic (exact) mass is 264 g/mol. The van der Waals surface area contributed by atoms with Crippen molar-refractivity contribution >= 4 is 9.84 Å². The summed E-state index contributed by atoms with van der Waals surface area (Å²) in [7, 11) is -3.07. The highest BCUT2D eigenvalue weighted by Gasteiger charge is 2.26. The van der Waals surface area contributed by atoms with Gasteiger partial charge < -0.3 is 0 Å². The van der Waals surface area contributed by atoms with Crippen LogP contribution < -0.4 is 5.56 Å². The Kier molecular flexibility index (Phi) is 2.41. The molecule has 0 bridgehead atoms. The second-order valence-electron chi connectivity index (χ2n) is 4.39. The van der Waals surface area contributed by atoms with Gasteiger partial charge in [0.1, 0.15) is 0 Å². The molecule has 1 aromatic carbocycles. The molecule has 5 nitrogen and oxygen atoms in total. The Morgan fingerprint density at radius 1 is 1.17 bits per heavy atom. The molecule has 6 heteroatoms. The lowest BCUT2D eigenvalue weighted by atomic mass is 10.2. The van der Waals surface area contributed by atoms with E-state index in [4.69, 9.17) is 0 Å². The van der Waals surface area contributed by atoms with Crippen molar-refractivity contribution in [3.05, 3.63) is 51.9 Å². The fraction of sp³-hybridized carbons (Fsp3) is 0.250. The molecule has 18 heavy (non-hydrogen) atoms. The van der Waals surface area contributed by atoms with Crippen LogP contribution in [0.4, 0.5) is 0 Å². The number of rotatable bonds is 1. The molecule has 0 saturated heterocycles. The second kappa shape index (κ2) is 3.84. The summed E-state index contributed by atoms with van der Waals surface area (Å²) in [6, 6.07) is 9.13. The number of nitrogens with zero attached hydrogens (tertiary/aromatic N) is 1. The van der Waals surface area contributed by atoms with E-state index in [1.54, 1.807) is 12.1 Å². The number of benzene rings is 1. The van der Waals surface area contributed by atoms with Gasteiger partial charge in [-0.25, -0.2) is 13.1 Å². The van der Waals surface area contributed by atoms with Gasteiger partial charge in [0.25, 0.3) is 5.56 Å². The normalized spacial score (nSPS) is 17.3. The maximum atomic E-state index is 12.2. The maximum absolute atomic E-state index is 12.2. The summed E-state index contributed by atoms with van der Waals surface area (Å²) in [6.07, 6.45) is 0.298. The minimum atomic E-state index is -3.07. The molecule has 1 aromatic heterocycles. The highest BCUT2D eigenvalue weighted by molar-refractivity contribution is 7.90. The SMILES string of the molecule is O=c1c2c([nH]n1-c1ccccc1)CS(=O)(=O)CC2. The third kappa shape index (κ3) is 1.78. The highest BCUT2D eigenvalue weighted by atomic mass is 32.2. The highest BCUT2D eigenvalue weighted by Crippen LogP contribution is 2.17. The second-order valence-corrected chi connectivity index (χ2v) is 6.57. The lowest BCUT2D eigenvalue weighted by molar-refractivity contribution is 0.590. The number of hydrogen-bond acceptors (Lipinski definition) is 3. The average molecular weight is 264 g/mol. The van der Waals surface area contributed by atoms with E-state index in [1.165, 1.54) is 4.68 Å². The Labute approximate surface area is 104 Å². The lowest BCUT2D eigenvalue weighted by Gasteiger charge is -2.09.